The molecule has 2 N–H and O–H groups in total. The molecule has 0 spiro atoms. The Bertz CT molecular complexity index is 465. The standard InChI is InChI=1S/C13H15IN2O4/c14-6-11(17)15-7-12(18)16-8-13(19)20-9-10-4-2-1-3-5-10/h1-5H,6-9H2,(H,15,17)(H,16,18). The third-order valence-electron chi connectivity index (χ3n) is 2.24. The highest BCUT2D eigenvalue weighted by Crippen LogP contribution is 2.00. The van der Waals surface area contributed by atoms with Gasteiger partial charge in [0.2, 0.25) is 11.8 Å². The molecular weight excluding hydrogens is 375 g/mol. The van der Waals surface area contributed by atoms with Gasteiger partial charge >= 0.3 is 5.97 Å². The fourth-order valence-corrected chi connectivity index (χ4v) is 1.52. The maximum Gasteiger partial charge on any atom is 0.325 e. The highest BCUT2D eigenvalue weighted by atomic mass is 127. The zero-order valence-electron chi connectivity index (χ0n) is 10.7. The number of ether oxygens (including phenoxy) is 1. The van der Waals surface area contributed by atoms with Crippen LogP contribution in [0, 0.1) is 0 Å². The third kappa shape index (κ3) is 7.07. The van der Waals surface area contributed by atoms with Gasteiger partial charge in [0.1, 0.15) is 13.2 Å². The van der Waals surface area contributed by atoms with Gasteiger partial charge in [-0.1, -0.05) is 52.9 Å². The van der Waals surface area contributed by atoms with E-state index in [0.717, 1.165) is 5.56 Å². The minimum absolute atomic E-state index is 0.145. The summed E-state index contributed by atoms with van der Waals surface area (Å²) in [6.45, 7) is -0.194. The number of carbonyl (C=O) groups excluding carboxylic acids is 3. The number of alkyl halides is 1. The molecule has 7 heteroatoms. The van der Waals surface area contributed by atoms with Gasteiger partial charge in [0, 0.05) is 0 Å². The molecule has 1 rings (SSSR count). The Morgan fingerprint density at radius 1 is 1.00 bits per heavy atom. The van der Waals surface area contributed by atoms with E-state index in [1.807, 2.05) is 52.9 Å². The quantitative estimate of drug-likeness (QED) is 0.401. The number of rotatable bonds is 7. The minimum atomic E-state index is -0.526. The number of amides is 2. The lowest BCUT2D eigenvalue weighted by molar-refractivity contribution is -0.145. The summed E-state index contributed by atoms with van der Waals surface area (Å²) in [5.74, 6) is -1.19. The fourth-order valence-electron chi connectivity index (χ4n) is 1.25. The fraction of sp³-hybridized carbons (Fsp3) is 0.308. The van der Waals surface area contributed by atoms with Crippen molar-refractivity contribution in [2.45, 2.75) is 6.61 Å². The van der Waals surface area contributed by atoms with Gasteiger partial charge in [-0.05, 0) is 5.56 Å². The molecule has 1 aromatic rings. The summed E-state index contributed by atoms with van der Waals surface area (Å²) < 4.78 is 5.26. The molecule has 0 unspecified atom stereocenters. The van der Waals surface area contributed by atoms with E-state index in [2.05, 4.69) is 10.6 Å². The molecule has 0 radical (unpaired) electrons. The first-order chi connectivity index (χ1) is 9.61. The minimum Gasteiger partial charge on any atom is -0.460 e. The molecule has 0 aliphatic rings. The molecule has 2 amide bonds. The maximum atomic E-state index is 11.4. The molecule has 0 saturated heterocycles. The van der Waals surface area contributed by atoms with Crippen LogP contribution in [0.1, 0.15) is 5.56 Å². The lowest BCUT2D eigenvalue weighted by atomic mass is 10.2. The predicted octanol–water partition coefficient (Wildman–Crippen LogP) is 0.397. The lowest BCUT2D eigenvalue weighted by Crippen LogP contribution is -2.39. The van der Waals surface area contributed by atoms with Crippen LogP contribution in [0.2, 0.25) is 0 Å². The second-order valence-corrected chi connectivity index (χ2v) is 4.60. The van der Waals surface area contributed by atoms with Crippen molar-refractivity contribution >= 4 is 40.4 Å². The van der Waals surface area contributed by atoms with Crippen molar-refractivity contribution < 1.29 is 19.1 Å². The van der Waals surface area contributed by atoms with Crippen LogP contribution >= 0.6 is 22.6 Å². The smallest absolute Gasteiger partial charge is 0.325 e. The molecule has 0 aliphatic heterocycles. The van der Waals surface area contributed by atoms with E-state index in [1.165, 1.54) is 0 Å². The Kier molecular flexibility index (Phi) is 7.63. The summed E-state index contributed by atoms with van der Waals surface area (Å²) in [6, 6.07) is 9.24. The van der Waals surface area contributed by atoms with Gasteiger partial charge in [-0.25, -0.2) is 0 Å². The number of carbonyl (C=O) groups is 3. The topological polar surface area (TPSA) is 84.5 Å². The number of hydrogen-bond donors (Lipinski definition) is 2. The van der Waals surface area contributed by atoms with E-state index < -0.39 is 11.9 Å². The van der Waals surface area contributed by atoms with E-state index in [4.69, 9.17) is 4.74 Å². The van der Waals surface area contributed by atoms with Gasteiger partial charge in [0.05, 0.1) is 11.0 Å². The number of hydrogen-bond acceptors (Lipinski definition) is 4. The summed E-state index contributed by atoms with van der Waals surface area (Å²) in [5.41, 5.74) is 0.876. The summed E-state index contributed by atoms with van der Waals surface area (Å²) >= 11 is 1.89. The van der Waals surface area contributed by atoms with E-state index in [0.29, 0.717) is 0 Å². The molecule has 0 fully saturated rings. The van der Waals surface area contributed by atoms with E-state index in [-0.39, 0.29) is 30.0 Å². The normalized spacial score (nSPS) is 9.65. The first kappa shape index (κ1) is 16.4. The molecule has 0 atom stereocenters. The first-order valence-corrected chi connectivity index (χ1v) is 7.43. The Balaban J connectivity index is 2.16. The Hall–Kier alpha value is -1.64. The zero-order chi connectivity index (χ0) is 14.8. The summed E-state index contributed by atoms with van der Waals surface area (Å²) in [4.78, 5) is 33.6. The summed E-state index contributed by atoms with van der Waals surface area (Å²) in [6.07, 6.45) is 0. The van der Waals surface area contributed by atoms with Gasteiger partial charge < -0.3 is 15.4 Å². The lowest BCUT2D eigenvalue weighted by Gasteiger charge is -2.07. The largest absolute Gasteiger partial charge is 0.460 e. The molecule has 6 nitrogen and oxygen atoms in total. The highest BCUT2D eigenvalue weighted by Gasteiger charge is 2.07. The summed E-state index contributed by atoms with van der Waals surface area (Å²) in [7, 11) is 0. The van der Waals surface area contributed by atoms with E-state index in [9.17, 15) is 14.4 Å². The first-order valence-electron chi connectivity index (χ1n) is 5.90. The van der Waals surface area contributed by atoms with E-state index in [1.54, 1.807) is 0 Å². The number of esters is 1. The SMILES string of the molecule is O=C(CI)NCC(=O)NCC(=O)OCc1ccccc1. The Morgan fingerprint density at radius 3 is 2.30 bits per heavy atom. The van der Waals surface area contributed by atoms with Crippen LogP contribution < -0.4 is 10.6 Å². The number of benzene rings is 1. The van der Waals surface area contributed by atoms with Crippen LogP contribution in [0.3, 0.4) is 0 Å². The second-order valence-electron chi connectivity index (χ2n) is 3.83. The molecule has 0 heterocycles. The van der Waals surface area contributed by atoms with Gasteiger partial charge in [0.25, 0.3) is 0 Å². The van der Waals surface area contributed by atoms with E-state index >= 15 is 0 Å². The van der Waals surface area contributed by atoms with Gasteiger partial charge in [-0.15, -0.1) is 0 Å². The molecule has 0 bridgehead atoms. The average Bonchev–Trinajstić information content (AvgIpc) is 2.49. The van der Waals surface area contributed by atoms with Crippen LogP contribution in [-0.4, -0.2) is 35.3 Å². The molecule has 0 aliphatic carbocycles. The molecule has 1 aromatic carbocycles. The van der Waals surface area contributed by atoms with Crippen molar-refractivity contribution in [1.82, 2.24) is 10.6 Å². The van der Waals surface area contributed by atoms with Crippen LogP contribution in [0.25, 0.3) is 0 Å². The number of halogens is 1. The highest BCUT2D eigenvalue weighted by molar-refractivity contribution is 14.1. The van der Waals surface area contributed by atoms with Crippen molar-refractivity contribution in [1.29, 1.82) is 0 Å². The molecule has 0 saturated carbocycles. The zero-order valence-corrected chi connectivity index (χ0v) is 12.9. The maximum absolute atomic E-state index is 11.4. The molecule has 0 aromatic heterocycles. The van der Waals surface area contributed by atoms with Crippen LogP contribution in [-0.2, 0) is 25.7 Å². The van der Waals surface area contributed by atoms with Crippen molar-refractivity contribution in [2.75, 3.05) is 17.5 Å². The molecule has 20 heavy (non-hydrogen) atoms. The van der Waals surface area contributed by atoms with Crippen LogP contribution in [0.15, 0.2) is 30.3 Å². The van der Waals surface area contributed by atoms with Gasteiger partial charge in [0.15, 0.2) is 0 Å². The van der Waals surface area contributed by atoms with Crippen LogP contribution in [0.5, 0.6) is 0 Å². The average molecular weight is 390 g/mol. The molecule has 108 valence electrons. The molecular formula is C13H15IN2O4. The third-order valence-corrected chi connectivity index (χ3v) is 2.93. The summed E-state index contributed by atoms with van der Waals surface area (Å²) in [5, 5.41) is 4.77. The predicted molar refractivity (Wildman–Crippen MR) is 81.1 cm³/mol. The van der Waals surface area contributed by atoms with Crippen LogP contribution in [0.4, 0.5) is 0 Å². The second kappa shape index (κ2) is 9.29. The monoisotopic (exact) mass is 390 g/mol. The number of nitrogens with one attached hydrogen (secondary N) is 2. The van der Waals surface area contributed by atoms with Crippen molar-refractivity contribution in [3.05, 3.63) is 35.9 Å². The van der Waals surface area contributed by atoms with Crippen molar-refractivity contribution in [3.8, 4) is 0 Å². The van der Waals surface area contributed by atoms with Gasteiger partial charge in [-0.3, -0.25) is 14.4 Å². The Morgan fingerprint density at radius 2 is 1.65 bits per heavy atom. The van der Waals surface area contributed by atoms with Gasteiger partial charge in [-0.2, -0.15) is 0 Å². The van der Waals surface area contributed by atoms with Crippen molar-refractivity contribution in [2.24, 2.45) is 0 Å². The Labute approximate surface area is 130 Å². The van der Waals surface area contributed by atoms with Crippen molar-refractivity contribution in [3.63, 3.8) is 0 Å².